The molecule has 0 aromatic heterocycles. The first-order valence-corrected chi connectivity index (χ1v) is 22.5. The van der Waals surface area contributed by atoms with Crippen LogP contribution in [0.25, 0.3) is 0 Å². The van der Waals surface area contributed by atoms with Gasteiger partial charge in [-0.15, -0.1) is 0 Å². The number of amides is 1. The van der Waals surface area contributed by atoms with Crippen LogP contribution in [0.3, 0.4) is 0 Å². The van der Waals surface area contributed by atoms with E-state index in [4.69, 9.17) is 9.05 Å². The lowest BCUT2D eigenvalue weighted by molar-refractivity contribution is -0.870. The van der Waals surface area contributed by atoms with Gasteiger partial charge in [0.1, 0.15) is 13.2 Å². The molecular formula is C43H81N2O7P. The fourth-order valence-electron chi connectivity index (χ4n) is 5.70. The monoisotopic (exact) mass is 769 g/mol. The van der Waals surface area contributed by atoms with Crippen molar-refractivity contribution in [2.24, 2.45) is 0 Å². The summed E-state index contributed by atoms with van der Waals surface area (Å²) in [5.74, 6) is -0.232. The molecule has 0 saturated carbocycles. The van der Waals surface area contributed by atoms with E-state index in [1.807, 2.05) is 28.1 Å². The van der Waals surface area contributed by atoms with Gasteiger partial charge >= 0.3 is 0 Å². The Balaban J connectivity index is 4.52. The summed E-state index contributed by atoms with van der Waals surface area (Å²) >= 11 is 0. The van der Waals surface area contributed by atoms with Crippen LogP contribution >= 0.6 is 7.82 Å². The highest BCUT2D eigenvalue weighted by Crippen LogP contribution is 2.38. The van der Waals surface area contributed by atoms with Crippen molar-refractivity contribution < 1.29 is 38.0 Å². The Morgan fingerprint density at radius 1 is 0.698 bits per heavy atom. The van der Waals surface area contributed by atoms with Crippen LogP contribution in [-0.2, 0) is 18.4 Å². The molecule has 0 aromatic rings. The standard InChI is InChI=1S/C43H81N2O7P/c1-6-7-8-9-10-11-12-16-20-23-26-29-32-35-42(47)41(39-52-53(49,50)51-38-37-45(3,4)5)44-43(48)36-33-30-27-24-21-18-15-13-14-17-19-22-25-28-31-34-40(2)46/h14-15,17-18,22,24-25,27,40-42,46-47H,6-13,16,19-21,23,26,28-39H2,1-5H3,(H-,44,48,49,50)/b17-14-,18-15-,25-22-,27-24-/t40-,41-,42+/m0/s1. The number of likely N-dealkylation sites (N-methyl/N-ethyl adjacent to an activating group) is 1. The van der Waals surface area contributed by atoms with Gasteiger partial charge in [0.05, 0.1) is 46.0 Å². The van der Waals surface area contributed by atoms with Crippen LogP contribution in [0, 0.1) is 0 Å². The van der Waals surface area contributed by atoms with Gasteiger partial charge in [-0.1, -0.05) is 139 Å². The van der Waals surface area contributed by atoms with Gasteiger partial charge in [0.25, 0.3) is 7.82 Å². The molecule has 310 valence electrons. The number of phosphoric ester groups is 1. The fraction of sp³-hybridized carbons (Fsp3) is 0.791. The average molecular weight is 769 g/mol. The van der Waals surface area contributed by atoms with Crippen molar-refractivity contribution in [1.29, 1.82) is 0 Å². The van der Waals surface area contributed by atoms with Crippen LogP contribution in [0.2, 0.25) is 0 Å². The molecule has 0 heterocycles. The molecule has 4 atom stereocenters. The van der Waals surface area contributed by atoms with Crippen LogP contribution in [-0.4, -0.2) is 79.8 Å². The van der Waals surface area contributed by atoms with Crippen molar-refractivity contribution >= 4 is 13.7 Å². The number of carbonyl (C=O) groups excluding carboxylic acids is 1. The molecule has 3 N–H and O–H groups in total. The first-order valence-electron chi connectivity index (χ1n) is 21.0. The van der Waals surface area contributed by atoms with E-state index in [-0.39, 0.29) is 31.6 Å². The highest BCUT2D eigenvalue weighted by Gasteiger charge is 2.24. The minimum Gasteiger partial charge on any atom is -0.756 e. The maximum absolute atomic E-state index is 12.8. The number of carbonyl (C=O) groups is 1. The van der Waals surface area contributed by atoms with Gasteiger partial charge in [-0.2, -0.15) is 0 Å². The number of nitrogens with zero attached hydrogens (tertiary/aromatic N) is 1. The maximum Gasteiger partial charge on any atom is 0.268 e. The zero-order valence-corrected chi connectivity index (χ0v) is 35.5. The second kappa shape index (κ2) is 34.9. The normalized spacial score (nSPS) is 15.5. The summed E-state index contributed by atoms with van der Waals surface area (Å²) < 4.78 is 23.2. The molecule has 0 spiro atoms. The second-order valence-corrected chi connectivity index (χ2v) is 17.0. The highest BCUT2D eigenvalue weighted by atomic mass is 31.2. The van der Waals surface area contributed by atoms with Crippen molar-refractivity contribution in [3.63, 3.8) is 0 Å². The Hall–Kier alpha value is -1.58. The lowest BCUT2D eigenvalue weighted by Gasteiger charge is -2.30. The topological polar surface area (TPSA) is 128 Å². The van der Waals surface area contributed by atoms with E-state index in [9.17, 15) is 24.5 Å². The summed E-state index contributed by atoms with van der Waals surface area (Å²) in [4.78, 5) is 25.2. The number of unbranched alkanes of at least 4 members (excludes halogenated alkanes) is 14. The molecular weight excluding hydrogens is 687 g/mol. The van der Waals surface area contributed by atoms with Crippen molar-refractivity contribution in [3.05, 3.63) is 48.6 Å². The molecule has 0 saturated heterocycles. The molecule has 0 bridgehead atoms. The van der Waals surface area contributed by atoms with Gasteiger partial charge < -0.3 is 34.0 Å². The van der Waals surface area contributed by atoms with Gasteiger partial charge in [-0.05, 0) is 64.7 Å². The largest absolute Gasteiger partial charge is 0.756 e. The summed E-state index contributed by atoms with van der Waals surface area (Å²) in [5.41, 5.74) is 0. The van der Waals surface area contributed by atoms with Gasteiger partial charge in [0, 0.05) is 6.42 Å². The van der Waals surface area contributed by atoms with Crippen molar-refractivity contribution in [2.45, 2.75) is 180 Å². The third-order valence-corrected chi connectivity index (χ3v) is 10.1. The number of quaternary nitrogens is 1. The zero-order chi connectivity index (χ0) is 39.5. The van der Waals surface area contributed by atoms with Crippen LogP contribution in [0.1, 0.15) is 162 Å². The summed E-state index contributed by atoms with van der Waals surface area (Å²) in [6, 6.07) is -0.837. The molecule has 0 aliphatic rings. The third kappa shape index (κ3) is 38.5. The van der Waals surface area contributed by atoms with Crippen molar-refractivity contribution in [2.75, 3.05) is 40.9 Å². The van der Waals surface area contributed by atoms with E-state index in [0.29, 0.717) is 23.9 Å². The molecule has 0 aliphatic heterocycles. The minimum absolute atomic E-state index is 0.00563. The first kappa shape index (κ1) is 51.4. The van der Waals surface area contributed by atoms with Crippen molar-refractivity contribution in [1.82, 2.24) is 5.32 Å². The first-order chi connectivity index (χ1) is 25.4. The van der Waals surface area contributed by atoms with Crippen LogP contribution < -0.4 is 10.2 Å². The summed E-state index contributed by atoms with van der Waals surface area (Å²) in [5, 5.41) is 23.1. The molecule has 53 heavy (non-hydrogen) atoms. The number of aliphatic hydroxyl groups is 2. The maximum atomic E-state index is 12.8. The zero-order valence-electron chi connectivity index (χ0n) is 34.6. The molecule has 1 unspecified atom stereocenters. The van der Waals surface area contributed by atoms with E-state index < -0.39 is 20.0 Å². The minimum atomic E-state index is -4.58. The molecule has 1 amide bonds. The molecule has 9 nitrogen and oxygen atoms in total. The Bertz CT molecular complexity index is 1020. The Kier molecular flexibility index (Phi) is 33.8. The van der Waals surface area contributed by atoms with E-state index in [2.05, 4.69) is 60.8 Å². The summed E-state index contributed by atoms with van der Waals surface area (Å²) in [6.07, 6.45) is 39.6. The Labute approximate surface area is 325 Å². The van der Waals surface area contributed by atoms with E-state index >= 15 is 0 Å². The Morgan fingerprint density at radius 2 is 1.17 bits per heavy atom. The summed E-state index contributed by atoms with van der Waals surface area (Å²) in [6.45, 7) is 4.20. The average Bonchev–Trinajstić information content (AvgIpc) is 3.09. The van der Waals surface area contributed by atoms with Gasteiger partial charge in [0.2, 0.25) is 5.91 Å². The predicted molar refractivity (Wildman–Crippen MR) is 220 cm³/mol. The van der Waals surface area contributed by atoms with Crippen LogP contribution in [0.5, 0.6) is 0 Å². The predicted octanol–water partition coefficient (Wildman–Crippen LogP) is 9.64. The van der Waals surface area contributed by atoms with Crippen LogP contribution in [0.4, 0.5) is 0 Å². The van der Waals surface area contributed by atoms with E-state index in [0.717, 1.165) is 64.2 Å². The molecule has 0 aromatic carbocycles. The van der Waals surface area contributed by atoms with E-state index in [1.54, 1.807) is 0 Å². The molecule has 0 fully saturated rings. The second-order valence-electron chi connectivity index (χ2n) is 15.6. The van der Waals surface area contributed by atoms with E-state index in [1.165, 1.54) is 64.2 Å². The van der Waals surface area contributed by atoms with Crippen LogP contribution in [0.15, 0.2) is 48.6 Å². The SMILES string of the molecule is CCCCCCCCCCCCCCC[C@@H](O)[C@H](COP(=O)([O-])OCC[N+](C)(C)C)NC(=O)CCC/C=C\C/C=C\C/C=C\C/C=C\CCC[C@H](C)O. The number of nitrogens with one attached hydrogen (secondary N) is 1. The number of allylic oxidation sites excluding steroid dienone is 8. The third-order valence-electron chi connectivity index (χ3n) is 9.09. The van der Waals surface area contributed by atoms with Gasteiger partial charge in [0.15, 0.2) is 0 Å². The number of rotatable bonds is 37. The number of hydrogen-bond acceptors (Lipinski definition) is 7. The highest BCUT2D eigenvalue weighted by molar-refractivity contribution is 7.45. The molecule has 10 heteroatoms. The smallest absolute Gasteiger partial charge is 0.268 e. The number of hydrogen-bond donors (Lipinski definition) is 3. The molecule has 0 radical (unpaired) electrons. The Morgan fingerprint density at radius 3 is 1.66 bits per heavy atom. The molecule has 0 aliphatic carbocycles. The molecule has 0 rings (SSSR count). The summed E-state index contributed by atoms with van der Waals surface area (Å²) in [7, 11) is 1.24. The lowest BCUT2D eigenvalue weighted by Crippen LogP contribution is -2.46. The van der Waals surface area contributed by atoms with Gasteiger partial charge in [-0.3, -0.25) is 9.36 Å². The lowest BCUT2D eigenvalue weighted by atomic mass is 10.0. The fourth-order valence-corrected chi connectivity index (χ4v) is 6.42. The van der Waals surface area contributed by atoms with Gasteiger partial charge in [-0.25, -0.2) is 0 Å². The quantitative estimate of drug-likeness (QED) is 0.0249. The van der Waals surface area contributed by atoms with Crippen molar-refractivity contribution in [3.8, 4) is 0 Å². The number of phosphoric acid groups is 1. The number of aliphatic hydroxyl groups excluding tert-OH is 2.